The van der Waals surface area contributed by atoms with Crippen LogP contribution in [0.5, 0.6) is 5.75 Å². The van der Waals surface area contributed by atoms with Gasteiger partial charge in [-0.2, -0.15) is 0 Å². The number of ether oxygens (including phenoxy) is 1. The third-order valence-corrected chi connectivity index (χ3v) is 6.73. The molecule has 0 spiro atoms. The monoisotopic (exact) mass is 506 g/mol. The van der Waals surface area contributed by atoms with Gasteiger partial charge in [-0.3, -0.25) is 4.79 Å². The number of nitrogens with one attached hydrogen (secondary N) is 2. The van der Waals surface area contributed by atoms with E-state index in [1.165, 1.54) is 6.07 Å². The zero-order valence-corrected chi connectivity index (χ0v) is 19.8. The van der Waals surface area contributed by atoms with Crippen LogP contribution < -0.4 is 15.4 Å². The second-order valence-electron chi connectivity index (χ2n) is 8.34. The summed E-state index contributed by atoms with van der Waals surface area (Å²) in [5.41, 5.74) is 4.70. The van der Waals surface area contributed by atoms with E-state index in [-0.39, 0.29) is 17.5 Å². The predicted molar refractivity (Wildman–Crippen MR) is 132 cm³/mol. The summed E-state index contributed by atoms with van der Waals surface area (Å²) in [7, 11) is 0. The molecule has 0 aromatic heterocycles. The maximum absolute atomic E-state index is 15.0. The fraction of sp³-hybridized carbons (Fsp3) is 0.222. The molecule has 0 amide bonds. The molecule has 168 valence electrons. The molecule has 6 heteroatoms. The van der Waals surface area contributed by atoms with Crippen LogP contribution in [-0.4, -0.2) is 12.4 Å². The number of para-hydroxylation sites is 2. The molecule has 4 nitrogen and oxygen atoms in total. The van der Waals surface area contributed by atoms with E-state index in [9.17, 15) is 9.18 Å². The van der Waals surface area contributed by atoms with Crippen molar-refractivity contribution in [2.24, 2.45) is 0 Å². The molecule has 33 heavy (non-hydrogen) atoms. The van der Waals surface area contributed by atoms with E-state index in [2.05, 4.69) is 26.6 Å². The molecular weight excluding hydrogens is 483 g/mol. The van der Waals surface area contributed by atoms with Gasteiger partial charge in [-0.15, -0.1) is 0 Å². The van der Waals surface area contributed by atoms with E-state index in [0.717, 1.165) is 32.9 Å². The average Bonchev–Trinajstić information content (AvgIpc) is 2.98. The number of anilines is 2. The fourth-order valence-corrected chi connectivity index (χ4v) is 5.08. The Labute approximate surface area is 201 Å². The van der Waals surface area contributed by atoms with Crippen molar-refractivity contribution >= 4 is 33.1 Å². The van der Waals surface area contributed by atoms with Crippen LogP contribution in [0, 0.1) is 5.82 Å². The summed E-state index contributed by atoms with van der Waals surface area (Å²) in [5.74, 6) is 0.535. The predicted octanol–water partition coefficient (Wildman–Crippen LogP) is 6.97. The van der Waals surface area contributed by atoms with Crippen molar-refractivity contribution in [3.8, 4) is 5.75 Å². The molecule has 1 aliphatic carbocycles. The van der Waals surface area contributed by atoms with Gasteiger partial charge in [-0.25, -0.2) is 4.39 Å². The average molecular weight is 507 g/mol. The molecule has 0 saturated carbocycles. The summed E-state index contributed by atoms with van der Waals surface area (Å²) in [6.07, 6.45) is 1.04. The molecule has 0 saturated heterocycles. The van der Waals surface area contributed by atoms with Crippen LogP contribution in [0.4, 0.5) is 15.8 Å². The highest BCUT2D eigenvalue weighted by molar-refractivity contribution is 9.10. The number of ketones is 1. The number of benzene rings is 3. The Morgan fingerprint density at radius 2 is 1.79 bits per heavy atom. The van der Waals surface area contributed by atoms with Crippen LogP contribution >= 0.6 is 15.9 Å². The minimum absolute atomic E-state index is 0.0207. The molecule has 0 fully saturated rings. The minimum Gasteiger partial charge on any atom is -0.494 e. The topological polar surface area (TPSA) is 50.4 Å². The number of rotatable bonds is 4. The highest BCUT2D eigenvalue weighted by Gasteiger charge is 2.37. The Morgan fingerprint density at radius 1 is 1.03 bits per heavy atom. The van der Waals surface area contributed by atoms with E-state index in [1.54, 1.807) is 12.1 Å². The molecule has 0 bridgehead atoms. The van der Waals surface area contributed by atoms with Gasteiger partial charge in [0.25, 0.3) is 0 Å². The first-order chi connectivity index (χ1) is 16.0. The number of carbonyl (C=O) groups is 1. The lowest BCUT2D eigenvalue weighted by Crippen LogP contribution is -2.27. The van der Waals surface area contributed by atoms with Gasteiger partial charge in [0.2, 0.25) is 0 Å². The molecule has 2 N–H and O–H groups in total. The second-order valence-corrected chi connectivity index (χ2v) is 9.25. The van der Waals surface area contributed by atoms with E-state index in [4.69, 9.17) is 4.74 Å². The Kier molecular flexibility index (Phi) is 5.94. The summed E-state index contributed by atoms with van der Waals surface area (Å²) in [6.45, 7) is 2.57. The first kappa shape index (κ1) is 21.7. The summed E-state index contributed by atoms with van der Waals surface area (Å²) in [4.78, 5) is 13.6. The molecular formula is C27H24BrFN2O2. The standard InChI is InChI=1S/C27H24BrFN2O2/c1-2-33-19-10-7-16(8-11-19)17-13-24-26(25(32)14-17)27(20-15-18(28)9-12-21(20)29)31-23-6-4-3-5-22(23)30-24/h3-12,15,17,27,30-31H,2,13-14H2,1H3. The summed E-state index contributed by atoms with van der Waals surface area (Å²) in [6, 6.07) is 20.0. The minimum atomic E-state index is -0.581. The molecule has 3 aromatic rings. The van der Waals surface area contributed by atoms with Crippen LogP contribution in [0.25, 0.3) is 0 Å². The van der Waals surface area contributed by atoms with Crippen molar-refractivity contribution in [1.82, 2.24) is 0 Å². The normalized spacial score (nSPS) is 19.7. The van der Waals surface area contributed by atoms with Crippen LogP contribution in [0.3, 0.4) is 0 Å². The molecule has 5 rings (SSSR count). The summed E-state index contributed by atoms with van der Waals surface area (Å²) < 4.78 is 21.3. The Morgan fingerprint density at radius 3 is 2.55 bits per heavy atom. The third kappa shape index (κ3) is 4.27. The van der Waals surface area contributed by atoms with Crippen molar-refractivity contribution in [3.05, 3.63) is 99.4 Å². The summed E-state index contributed by atoms with van der Waals surface area (Å²) >= 11 is 3.45. The zero-order valence-electron chi connectivity index (χ0n) is 18.2. The van der Waals surface area contributed by atoms with Crippen molar-refractivity contribution < 1.29 is 13.9 Å². The van der Waals surface area contributed by atoms with E-state index >= 15 is 0 Å². The number of carbonyl (C=O) groups excluding carboxylic acids is 1. The van der Waals surface area contributed by atoms with Gasteiger partial charge in [-0.05, 0) is 67.3 Å². The fourth-order valence-electron chi connectivity index (χ4n) is 4.70. The first-order valence-electron chi connectivity index (χ1n) is 11.1. The maximum Gasteiger partial charge on any atom is 0.163 e. The van der Waals surface area contributed by atoms with Gasteiger partial charge in [0, 0.05) is 27.7 Å². The van der Waals surface area contributed by atoms with Gasteiger partial charge in [0.05, 0.1) is 24.0 Å². The van der Waals surface area contributed by atoms with Crippen LogP contribution in [0.2, 0.25) is 0 Å². The van der Waals surface area contributed by atoms with Crippen molar-refractivity contribution in [3.63, 3.8) is 0 Å². The molecule has 1 aliphatic heterocycles. The van der Waals surface area contributed by atoms with E-state index in [0.29, 0.717) is 30.6 Å². The van der Waals surface area contributed by atoms with Crippen molar-refractivity contribution in [2.45, 2.75) is 31.7 Å². The quantitative estimate of drug-likeness (QED) is 0.401. The first-order valence-corrected chi connectivity index (χ1v) is 11.9. The number of Topliss-reactive ketones (excluding diaryl/α,β-unsaturated/α-hetero) is 1. The number of hydrogen-bond acceptors (Lipinski definition) is 4. The van der Waals surface area contributed by atoms with Gasteiger partial charge >= 0.3 is 0 Å². The molecule has 2 unspecified atom stereocenters. The lowest BCUT2D eigenvalue weighted by Gasteiger charge is -2.30. The van der Waals surface area contributed by atoms with Crippen molar-refractivity contribution in [1.29, 1.82) is 0 Å². The van der Waals surface area contributed by atoms with Gasteiger partial charge in [0.15, 0.2) is 5.78 Å². The Balaban J connectivity index is 1.57. The zero-order chi connectivity index (χ0) is 22.9. The molecule has 2 atom stereocenters. The Bertz CT molecular complexity index is 1240. The largest absolute Gasteiger partial charge is 0.494 e. The van der Waals surface area contributed by atoms with Gasteiger partial charge in [-0.1, -0.05) is 40.2 Å². The number of hydrogen-bond donors (Lipinski definition) is 2. The SMILES string of the molecule is CCOc1ccc(C2CC(=O)C3=C(C2)Nc2ccccc2NC3c2cc(Br)ccc2F)cc1. The molecule has 0 radical (unpaired) electrons. The van der Waals surface area contributed by atoms with Crippen LogP contribution in [-0.2, 0) is 4.79 Å². The lowest BCUT2D eigenvalue weighted by molar-refractivity contribution is -0.116. The van der Waals surface area contributed by atoms with Crippen LogP contribution in [0.15, 0.2) is 82.5 Å². The van der Waals surface area contributed by atoms with Crippen molar-refractivity contribution in [2.75, 3.05) is 17.2 Å². The smallest absolute Gasteiger partial charge is 0.163 e. The number of fused-ring (bicyclic) bond motifs is 1. The van der Waals surface area contributed by atoms with Gasteiger partial charge in [0.1, 0.15) is 11.6 Å². The highest BCUT2D eigenvalue weighted by atomic mass is 79.9. The molecule has 2 aliphatic rings. The Hall–Kier alpha value is -3.12. The molecule has 1 heterocycles. The van der Waals surface area contributed by atoms with E-state index < -0.39 is 6.04 Å². The molecule has 3 aromatic carbocycles. The lowest BCUT2D eigenvalue weighted by atomic mass is 9.78. The number of halogens is 2. The third-order valence-electron chi connectivity index (χ3n) is 6.24. The number of allylic oxidation sites excluding steroid dienone is 1. The highest BCUT2D eigenvalue weighted by Crippen LogP contribution is 2.45. The second kappa shape index (κ2) is 9.02. The maximum atomic E-state index is 15.0. The van der Waals surface area contributed by atoms with E-state index in [1.807, 2.05) is 55.5 Å². The van der Waals surface area contributed by atoms with Crippen LogP contribution in [0.1, 0.15) is 42.9 Å². The summed E-state index contributed by atoms with van der Waals surface area (Å²) in [5, 5.41) is 6.93. The van der Waals surface area contributed by atoms with Gasteiger partial charge < -0.3 is 15.4 Å².